The van der Waals surface area contributed by atoms with E-state index in [1.54, 1.807) is 13.4 Å². The van der Waals surface area contributed by atoms with Gasteiger partial charge >= 0.3 is 0 Å². The van der Waals surface area contributed by atoms with Crippen molar-refractivity contribution < 1.29 is 9.15 Å². The lowest BCUT2D eigenvalue weighted by Gasteiger charge is -2.36. The monoisotopic (exact) mass is 182 g/mol. The van der Waals surface area contributed by atoms with Gasteiger partial charge in [0.15, 0.2) is 0 Å². The van der Waals surface area contributed by atoms with Crippen molar-refractivity contribution in [2.24, 2.45) is 0 Å². The van der Waals surface area contributed by atoms with Crippen LogP contribution in [0.25, 0.3) is 0 Å². The molecule has 0 radical (unpaired) electrons. The number of oxazole rings is 1. The third kappa shape index (κ3) is 1.54. The number of hydrogen-bond acceptors (Lipinski definition) is 4. The molecule has 0 saturated carbocycles. The highest BCUT2D eigenvalue weighted by atomic mass is 16.5. The maximum atomic E-state index is 5.31. The van der Waals surface area contributed by atoms with Crippen LogP contribution >= 0.6 is 0 Å². The van der Waals surface area contributed by atoms with Crippen molar-refractivity contribution >= 4 is 6.01 Å². The second-order valence-corrected chi connectivity index (χ2v) is 3.24. The van der Waals surface area contributed by atoms with E-state index in [0.717, 1.165) is 31.2 Å². The van der Waals surface area contributed by atoms with Crippen LogP contribution < -0.4 is 4.90 Å². The van der Waals surface area contributed by atoms with E-state index < -0.39 is 0 Å². The van der Waals surface area contributed by atoms with Gasteiger partial charge in [-0.3, -0.25) is 0 Å². The summed E-state index contributed by atoms with van der Waals surface area (Å²) in [6.07, 6.45) is 2.98. The molecule has 0 N–H and O–H groups in total. The lowest BCUT2D eigenvalue weighted by Crippen LogP contribution is -2.52. The first-order valence-electron chi connectivity index (χ1n) is 4.55. The largest absolute Gasteiger partial charge is 0.432 e. The third-order valence-corrected chi connectivity index (χ3v) is 2.35. The summed E-state index contributed by atoms with van der Waals surface area (Å²) in [4.78, 5) is 6.40. The van der Waals surface area contributed by atoms with Gasteiger partial charge in [-0.15, -0.1) is 0 Å². The lowest BCUT2D eigenvalue weighted by molar-refractivity contribution is 0.0757. The number of aromatic nitrogens is 1. The number of rotatable bonds is 3. The molecule has 0 amide bonds. The van der Waals surface area contributed by atoms with Crippen molar-refractivity contribution in [1.29, 1.82) is 0 Å². The number of ether oxygens (including phenoxy) is 1. The Balaban J connectivity index is 1.95. The molecular weight excluding hydrogens is 168 g/mol. The van der Waals surface area contributed by atoms with Crippen molar-refractivity contribution in [3.05, 3.63) is 12.0 Å². The molecule has 1 aromatic heterocycles. The van der Waals surface area contributed by atoms with Gasteiger partial charge < -0.3 is 14.1 Å². The first-order chi connectivity index (χ1) is 6.33. The van der Waals surface area contributed by atoms with Crippen LogP contribution in [0.2, 0.25) is 0 Å². The summed E-state index contributed by atoms with van der Waals surface area (Å²) in [6, 6.07) is 0.727. The number of hydrogen-bond donors (Lipinski definition) is 0. The number of nitrogens with zero attached hydrogens (tertiary/aromatic N) is 2. The molecule has 72 valence electrons. The summed E-state index contributed by atoms with van der Waals surface area (Å²) < 4.78 is 10.5. The van der Waals surface area contributed by atoms with E-state index in [9.17, 15) is 0 Å². The molecule has 0 bridgehead atoms. The SMILES string of the molecule is CCc1coc(N2CC(OC)C2)n1. The summed E-state index contributed by atoms with van der Waals surface area (Å²) in [5.74, 6) is 0. The third-order valence-electron chi connectivity index (χ3n) is 2.35. The molecule has 1 aliphatic heterocycles. The van der Waals surface area contributed by atoms with Gasteiger partial charge in [-0.2, -0.15) is 4.98 Å². The zero-order chi connectivity index (χ0) is 9.26. The first-order valence-corrected chi connectivity index (χ1v) is 4.55. The van der Waals surface area contributed by atoms with Crippen molar-refractivity contribution in [1.82, 2.24) is 4.98 Å². The molecule has 4 heteroatoms. The van der Waals surface area contributed by atoms with Gasteiger partial charge in [0.2, 0.25) is 0 Å². The molecule has 0 unspecified atom stereocenters. The standard InChI is InChI=1S/C9H14N2O2/c1-3-7-6-13-9(10-7)11-4-8(5-11)12-2/h6,8H,3-5H2,1-2H3. The lowest BCUT2D eigenvalue weighted by atomic mass is 10.2. The molecule has 1 aromatic rings. The van der Waals surface area contributed by atoms with Crippen LogP contribution in [0.3, 0.4) is 0 Å². The zero-order valence-electron chi connectivity index (χ0n) is 7.99. The molecule has 13 heavy (non-hydrogen) atoms. The van der Waals surface area contributed by atoms with Crippen LogP contribution in [0.5, 0.6) is 0 Å². The molecule has 0 atom stereocenters. The van der Waals surface area contributed by atoms with Crippen LogP contribution in [-0.4, -0.2) is 31.3 Å². The van der Waals surface area contributed by atoms with E-state index in [0.29, 0.717) is 6.10 Å². The molecular formula is C9H14N2O2. The summed E-state index contributed by atoms with van der Waals surface area (Å²) in [7, 11) is 1.73. The van der Waals surface area contributed by atoms with Crippen molar-refractivity contribution in [2.45, 2.75) is 19.4 Å². The van der Waals surface area contributed by atoms with Gasteiger partial charge in [0.05, 0.1) is 24.9 Å². The van der Waals surface area contributed by atoms with Crippen molar-refractivity contribution in [3.8, 4) is 0 Å². The van der Waals surface area contributed by atoms with E-state index in [-0.39, 0.29) is 0 Å². The van der Waals surface area contributed by atoms with E-state index in [4.69, 9.17) is 9.15 Å². The van der Waals surface area contributed by atoms with Gasteiger partial charge in [-0.25, -0.2) is 0 Å². The number of methoxy groups -OCH3 is 1. The quantitative estimate of drug-likeness (QED) is 0.701. The van der Waals surface area contributed by atoms with Crippen molar-refractivity contribution in [2.75, 3.05) is 25.1 Å². The van der Waals surface area contributed by atoms with E-state index in [2.05, 4.69) is 16.8 Å². The van der Waals surface area contributed by atoms with Crippen molar-refractivity contribution in [3.63, 3.8) is 0 Å². The van der Waals surface area contributed by atoms with Gasteiger partial charge in [0.1, 0.15) is 6.26 Å². The molecule has 0 spiro atoms. The molecule has 4 nitrogen and oxygen atoms in total. The minimum atomic E-state index is 0.344. The van der Waals surface area contributed by atoms with Crippen LogP contribution in [0, 0.1) is 0 Å². The topological polar surface area (TPSA) is 38.5 Å². The number of aryl methyl sites for hydroxylation is 1. The fraction of sp³-hybridized carbons (Fsp3) is 0.667. The smallest absolute Gasteiger partial charge is 0.297 e. The number of anilines is 1. The van der Waals surface area contributed by atoms with Crippen LogP contribution in [0.4, 0.5) is 6.01 Å². The minimum absolute atomic E-state index is 0.344. The highest BCUT2D eigenvalue weighted by Gasteiger charge is 2.29. The predicted octanol–water partition coefficient (Wildman–Crippen LogP) is 1.07. The average Bonchev–Trinajstić information content (AvgIpc) is 2.51. The molecule has 1 saturated heterocycles. The minimum Gasteiger partial charge on any atom is -0.432 e. The van der Waals surface area contributed by atoms with E-state index in [1.165, 1.54) is 0 Å². The Hall–Kier alpha value is -1.03. The predicted molar refractivity (Wildman–Crippen MR) is 48.9 cm³/mol. The molecule has 1 aliphatic rings. The Bertz CT molecular complexity index is 279. The van der Waals surface area contributed by atoms with Crippen LogP contribution in [0.1, 0.15) is 12.6 Å². The van der Waals surface area contributed by atoms with E-state index in [1.807, 2.05) is 0 Å². The second kappa shape index (κ2) is 3.38. The Morgan fingerprint density at radius 2 is 2.46 bits per heavy atom. The summed E-state index contributed by atoms with van der Waals surface area (Å²) in [5, 5.41) is 0. The Morgan fingerprint density at radius 1 is 1.69 bits per heavy atom. The molecule has 2 heterocycles. The van der Waals surface area contributed by atoms with Gasteiger partial charge in [-0.05, 0) is 6.42 Å². The highest BCUT2D eigenvalue weighted by Crippen LogP contribution is 2.21. The second-order valence-electron chi connectivity index (χ2n) is 3.24. The fourth-order valence-electron chi connectivity index (χ4n) is 1.35. The summed E-state index contributed by atoms with van der Waals surface area (Å²) in [6.45, 7) is 3.84. The molecule has 2 rings (SSSR count). The average molecular weight is 182 g/mol. The maximum Gasteiger partial charge on any atom is 0.297 e. The molecule has 0 aliphatic carbocycles. The van der Waals surface area contributed by atoms with Gasteiger partial charge in [0.25, 0.3) is 6.01 Å². The zero-order valence-corrected chi connectivity index (χ0v) is 7.99. The Kier molecular flexibility index (Phi) is 2.22. The van der Waals surface area contributed by atoms with Crippen LogP contribution in [-0.2, 0) is 11.2 Å². The van der Waals surface area contributed by atoms with Crippen LogP contribution in [0.15, 0.2) is 10.7 Å². The summed E-state index contributed by atoms with van der Waals surface area (Å²) in [5.41, 5.74) is 1.01. The normalized spacial score (nSPS) is 17.5. The fourth-order valence-corrected chi connectivity index (χ4v) is 1.35. The van der Waals surface area contributed by atoms with Gasteiger partial charge in [0, 0.05) is 7.11 Å². The highest BCUT2D eigenvalue weighted by molar-refractivity contribution is 5.32. The Morgan fingerprint density at radius 3 is 3.00 bits per heavy atom. The first kappa shape index (κ1) is 8.56. The van der Waals surface area contributed by atoms with Gasteiger partial charge in [-0.1, -0.05) is 6.92 Å². The maximum absolute atomic E-state index is 5.31. The van der Waals surface area contributed by atoms with E-state index >= 15 is 0 Å². The Labute approximate surface area is 77.5 Å². The molecule has 0 aromatic carbocycles. The molecule has 1 fully saturated rings. The summed E-state index contributed by atoms with van der Waals surface area (Å²) >= 11 is 0.